The van der Waals surface area contributed by atoms with Crippen molar-refractivity contribution < 1.29 is 13.2 Å². The molecule has 0 saturated heterocycles. The lowest BCUT2D eigenvalue weighted by atomic mass is 10.2. The molecular weight excluding hydrogens is 324 g/mol. The minimum Gasteiger partial charge on any atom is -0.296 e. The van der Waals surface area contributed by atoms with Gasteiger partial charge in [0.15, 0.2) is 0 Å². The Labute approximate surface area is 132 Å². The SMILES string of the molecule is Cc1nnc(NC(=O)c2ccc(S(=O)(=O)NC(C)C)cc2)s1. The number of nitrogens with one attached hydrogen (secondary N) is 2. The van der Waals surface area contributed by atoms with Gasteiger partial charge in [-0.1, -0.05) is 11.3 Å². The summed E-state index contributed by atoms with van der Waals surface area (Å²) in [4.78, 5) is 12.1. The molecular formula is C13H16N4O3S2. The minimum atomic E-state index is -3.56. The molecule has 1 aromatic carbocycles. The molecule has 7 nitrogen and oxygen atoms in total. The number of sulfonamides is 1. The number of carbonyl (C=O) groups is 1. The van der Waals surface area contributed by atoms with E-state index in [1.807, 2.05) is 0 Å². The summed E-state index contributed by atoms with van der Waals surface area (Å²) in [5.41, 5.74) is 0.344. The van der Waals surface area contributed by atoms with Crippen LogP contribution in [0.2, 0.25) is 0 Å². The van der Waals surface area contributed by atoms with E-state index in [2.05, 4.69) is 20.2 Å². The molecule has 0 radical (unpaired) electrons. The van der Waals surface area contributed by atoms with E-state index in [0.717, 1.165) is 5.01 Å². The number of anilines is 1. The third kappa shape index (κ3) is 4.09. The largest absolute Gasteiger partial charge is 0.296 e. The van der Waals surface area contributed by atoms with E-state index in [1.54, 1.807) is 20.8 Å². The molecule has 0 unspecified atom stereocenters. The molecule has 1 amide bonds. The van der Waals surface area contributed by atoms with Crippen molar-refractivity contribution >= 4 is 32.4 Å². The third-order valence-corrected chi connectivity index (χ3v) is 4.99. The second-order valence-electron chi connectivity index (χ2n) is 4.88. The summed E-state index contributed by atoms with van der Waals surface area (Å²) in [7, 11) is -3.56. The molecule has 0 bridgehead atoms. The van der Waals surface area contributed by atoms with Gasteiger partial charge in [0.2, 0.25) is 15.2 Å². The van der Waals surface area contributed by atoms with Gasteiger partial charge in [-0.3, -0.25) is 10.1 Å². The van der Waals surface area contributed by atoms with Gasteiger partial charge >= 0.3 is 0 Å². The van der Waals surface area contributed by atoms with Crippen molar-refractivity contribution in [3.63, 3.8) is 0 Å². The molecule has 2 aromatic rings. The second-order valence-corrected chi connectivity index (χ2v) is 7.78. The van der Waals surface area contributed by atoms with E-state index >= 15 is 0 Å². The highest BCUT2D eigenvalue weighted by Gasteiger charge is 2.16. The number of benzene rings is 1. The van der Waals surface area contributed by atoms with E-state index in [1.165, 1.54) is 35.6 Å². The summed E-state index contributed by atoms with van der Waals surface area (Å²) >= 11 is 1.26. The van der Waals surface area contributed by atoms with Crippen molar-refractivity contribution in [2.45, 2.75) is 31.7 Å². The fraction of sp³-hybridized carbons (Fsp3) is 0.308. The third-order valence-electron chi connectivity index (χ3n) is 2.56. The van der Waals surface area contributed by atoms with E-state index in [-0.39, 0.29) is 16.8 Å². The van der Waals surface area contributed by atoms with Crippen molar-refractivity contribution in [2.24, 2.45) is 0 Å². The van der Waals surface area contributed by atoms with Gasteiger partial charge in [0, 0.05) is 11.6 Å². The fourth-order valence-electron chi connectivity index (χ4n) is 1.68. The molecule has 0 aliphatic carbocycles. The Kier molecular flexibility index (Phi) is 4.89. The van der Waals surface area contributed by atoms with E-state index in [9.17, 15) is 13.2 Å². The predicted molar refractivity (Wildman–Crippen MR) is 84.5 cm³/mol. The number of carbonyl (C=O) groups excluding carboxylic acids is 1. The van der Waals surface area contributed by atoms with Crippen molar-refractivity contribution in [3.8, 4) is 0 Å². The molecule has 0 aliphatic heterocycles. The van der Waals surface area contributed by atoms with Gasteiger partial charge in [0.25, 0.3) is 5.91 Å². The summed E-state index contributed by atoms with van der Waals surface area (Å²) in [6.07, 6.45) is 0. The lowest BCUT2D eigenvalue weighted by Crippen LogP contribution is -2.30. The zero-order chi connectivity index (χ0) is 16.3. The minimum absolute atomic E-state index is 0.115. The van der Waals surface area contributed by atoms with Gasteiger partial charge in [-0.15, -0.1) is 10.2 Å². The summed E-state index contributed by atoms with van der Waals surface area (Å²) in [6.45, 7) is 5.27. The van der Waals surface area contributed by atoms with Crippen LogP contribution in [0.5, 0.6) is 0 Å². The van der Waals surface area contributed by atoms with Crippen LogP contribution < -0.4 is 10.0 Å². The van der Waals surface area contributed by atoms with Crippen LogP contribution in [0.25, 0.3) is 0 Å². The average Bonchev–Trinajstić information content (AvgIpc) is 2.83. The van der Waals surface area contributed by atoms with Crippen molar-refractivity contribution in [1.82, 2.24) is 14.9 Å². The summed E-state index contributed by atoms with van der Waals surface area (Å²) in [6, 6.07) is 5.50. The maximum Gasteiger partial charge on any atom is 0.257 e. The summed E-state index contributed by atoms with van der Waals surface area (Å²) in [5.74, 6) is -0.364. The zero-order valence-electron chi connectivity index (χ0n) is 12.3. The molecule has 0 fully saturated rings. The summed E-state index contributed by atoms with van der Waals surface area (Å²) < 4.78 is 26.5. The highest BCUT2D eigenvalue weighted by Crippen LogP contribution is 2.16. The Hall–Kier alpha value is -1.84. The smallest absolute Gasteiger partial charge is 0.257 e. The average molecular weight is 340 g/mol. The van der Waals surface area contributed by atoms with Gasteiger partial charge in [0.05, 0.1) is 4.90 Å². The van der Waals surface area contributed by atoms with Crippen LogP contribution in [0.15, 0.2) is 29.2 Å². The van der Waals surface area contributed by atoms with Gasteiger partial charge < -0.3 is 0 Å². The first-order valence-electron chi connectivity index (χ1n) is 6.52. The predicted octanol–water partition coefficient (Wildman–Crippen LogP) is 1.79. The van der Waals surface area contributed by atoms with E-state index < -0.39 is 10.0 Å². The van der Waals surface area contributed by atoms with Crippen LogP contribution in [-0.2, 0) is 10.0 Å². The molecule has 1 aromatic heterocycles. The maximum absolute atomic E-state index is 12.0. The van der Waals surface area contributed by atoms with Gasteiger partial charge in [-0.2, -0.15) is 0 Å². The standard InChI is InChI=1S/C13H16N4O3S2/c1-8(2)17-22(19,20)11-6-4-10(5-7-11)12(18)14-13-16-15-9(3)21-13/h4-8,17H,1-3H3,(H,14,16,18). The zero-order valence-corrected chi connectivity index (χ0v) is 14.0. The molecule has 2 N–H and O–H groups in total. The number of hydrogen-bond donors (Lipinski definition) is 2. The first-order valence-corrected chi connectivity index (χ1v) is 8.82. The molecule has 118 valence electrons. The number of amides is 1. The van der Waals surface area contributed by atoms with E-state index in [0.29, 0.717) is 10.7 Å². The van der Waals surface area contributed by atoms with Crippen LogP contribution in [-0.4, -0.2) is 30.6 Å². The Morgan fingerprint density at radius 1 is 1.18 bits per heavy atom. The van der Waals surface area contributed by atoms with Gasteiger partial charge in [-0.25, -0.2) is 13.1 Å². The lowest BCUT2D eigenvalue weighted by molar-refractivity contribution is 0.102. The van der Waals surface area contributed by atoms with E-state index in [4.69, 9.17) is 0 Å². The lowest BCUT2D eigenvalue weighted by Gasteiger charge is -2.09. The molecule has 0 aliphatic rings. The fourth-order valence-corrected chi connectivity index (χ4v) is 3.52. The Morgan fingerprint density at radius 3 is 2.32 bits per heavy atom. The highest BCUT2D eigenvalue weighted by atomic mass is 32.2. The van der Waals surface area contributed by atoms with Gasteiger partial charge in [-0.05, 0) is 45.0 Å². The molecule has 0 spiro atoms. The number of nitrogens with zero attached hydrogens (tertiary/aromatic N) is 2. The second kappa shape index (κ2) is 6.51. The van der Waals surface area contributed by atoms with Crippen LogP contribution in [0, 0.1) is 6.92 Å². The number of hydrogen-bond acceptors (Lipinski definition) is 6. The molecule has 0 saturated carbocycles. The quantitative estimate of drug-likeness (QED) is 0.864. The molecule has 22 heavy (non-hydrogen) atoms. The summed E-state index contributed by atoms with van der Waals surface area (Å²) in [5, 5.41) is 11.4. The highest BCUT2D eigenvalue weighted by molar-refractivity contribution is 7.89. The van der Waals surface area contributed by atoms with Crippen LogP contribution in [0.3, 0.4) is 0 Å². The normalized spacial score (nSPS) is 11.6. The van der Waals surface area contributed by atoms with Crippen LogP contribution in [0.4, 0.5) is 5.13 Å². The topological polar surface area (TPSA) is 101 Å². The number of aryl methyl sites for hydroxylation is 1. The molecule has 1 heterocycles. The van der Waals surface area contributed by atoms with Crippen molar-refractivity contribution in [3.05, 3.63) is 34.8 Å². The van der Waals surface area contributed by atoms with Crippen LogP contribution in [0.1, 0.15) is 29.2 Å². The molecule has 0 atom stereocenters. The monoisotopic (exact) mass is 340 g/mol. The Morgan fingerprint density at radius 2 is 1.82 bits per heavy atom. The number of rotatable bonds is 5. The number of aromatic nitrogens is 2. The molecule has 9 heteroatoms. The van der Waals surface area contributed by atoms with Crippen LogP contribution >= 0.6 is 11.3 Å². The Bertz CT molecular complexity index is 767. The van der Waals surface area contributed by atoms with Crippen molar-refractivity contribution in [2.75, 3.05) is 5.32 Å². The first kappa shape index (κ1) is 16.5. The maximum atomic E-state index is 12.0. The molecule has 2 rings (SSSR count). The van der Waals surface area contributed by atoms with Crippen molar-refractivity contribution in [1.29, 1.82) is 0 Å². The van der Waals surface area contributed by atoms with Gasteiger partial charge in [0.1, 0.15) is 5.01 Å². The Balaban J connectivity index is 2.13. The first-order chi connectivity index (χ1) is 10.3.